The maximum Gasteiger partial charge on any atom is 0.261 e. The van der Waals surface area contributed by atoms with Crippen LogP contribution >= 0.6 is 0 Å². The minimum atomic E-state index is -3.78. The summed E-state index contributed by atoms with van der Waals surface area (Å²) in [6.07, 6.45) is 0.340. The van der Waals surface area contributed by atoms with Crippen LogP contribution in [0.25, 0.3) is 22.2 Å². The molecule has 0 aliphatic rings. The molecule has 1 heterocycles. The first kappa shape index (κ1) is 20.6. The first-order valence-electron chi connectivity index (χ1n) is 9.65. The van der Waals surface area contributed by atoms with Crippen LogP contribution in [-0.2, 0) is 14.8 Å². The van der Waals surface area contributed by atoms with E-state index in [0.717, 1.165) is 22.2 Å². The third kappa shape index (κ3) is 4.59. The number of sulfonamides is 1. The number of amides is 1. The lowest BCUT2D eigenvalue weighted by Gasteiger charge is -2.10. The number of benzene rings is 3. The summed E-state index contributed by atoms with van der Waals surface area (Å²) in [5.74, 6) is -0.447. The fourth-order valence-corrected chi connectivity index (χ4v) is 4.22. The third-order valence-electron chi connectivity index (χ3n) is 4.80. The summed E-state index contributed by atoms with van der Waals surface area (Å²) < 4.78 is 41.2. The van der Waals surface area contributed by atoms with Gasteiger partial charge in [-0.15, -0.1) is 0 Å². The summed E-state index contributed by atoms with van der Waals surface area (Å²) in [7, 11) is -3.78. The second-order valence-electron chi connectivity index (χ2n) is 7.02. The van der Waals surface area contributed by atoms with Crippen LogP contribution in [-0.4, -0.2) is 19.3 Å². The largest absolute Gasteiger partial charge is 0.355 e. The van der Waals surface area contributed by atoms with Crippen LogP contribution in [0.15, 0.2) is 77.7 Å². The van der Waals surface area contributed by atoms with Crippen molar-refractivity contribution in [3.8, 4) is 11.3 Å². The van der Waals surface area contributed by atoms with Gasteiger partial charge in [0.25, 0.3) is 10.0 Å². The van der Waals surface area contributed by atoms with E-state index in [-0.39, 0.29) is 16.6 Å². The number of aromatic nitrogens is 1. The lowest BCUT2D eigenvalue weighted by atomic mass is 10.1. The van der Waals surface area contributed by atoms with Crippen molar-refractivity contribution < 1.29 is 17.6 Å². The number of anilines is 2. The predicted octanol–water partition coefficient (Wildman–Crippen LogP) is 5.12. The zero-order chi connectivity index (χ0) is 22.0. The minimum Gasteiger partial charge on any atom is -0.355 e. The number of aromatic amines is 1. The van der Waals surface area contributed by atoms with Gasteiger partial charge < -0.3 is 10.3 Å². The maximum absolute atomic E-state index is 13.4. The van der Waals surface area contributed by atoms with Crippen LogP contribution in [0.1, 0.15) is 13.3 Å². The molecule has 1 amide bonds. The standard InChI is InChI=1S/C23H20FN3O3S/c1-2-23(28)25-18-8-10-20(11-9-18)31(29,30)27-19-6-3-15(4-7-19)22-14-16-13-17(24)5-12-21(16)26-22/h3-14,26-27H,2H2,1H3,(H,25,28). The van der Waals surface area contributed by atoms with Gasteiger partial charge in [0, 0.05) is 34.4 Å². The Kier molecular flexibility index (Phi) is 5.48. The van der Waals surface area contributed by atoms with E-state index in [1.165, 1.54) is 24.3 Å². The lowest BCUT2D eigenvalue weighted by Crippen LogP contribution is -2.13. The van der Waals surface area contributed by atoms with Crippen molar-refractivity contribution in [3.63, 3.8) is 0 Å². The molecule has 0 atom stereocenters. The number of fused-ring (bicyclic) bond motifs is 1. The monoisotopic (exact) mass is 437 g/mol. The number of carbonyl (C=O) groups excluding carboxylic acids is 1. The summed E-state index contributed by atoms with van der Waals surface area (Å²) in [6.45, 7) is 1.74. The van der Waals surface area contributed by atoms with E-state index in [1.807, 2.05) is 6.07 Å². The molecule has 0 fully saturated rings. The first-order valence-corrected chi connectivity index (χ1v) is 11.1. The highest BCUT2D eigenvalue weighted by Gasteiger charge is 2.14. The van der Waals surface area contributed by atoms with Crippen LogP contribution in [0, 0.1) is 5.82 Å². The van der Waals surface area contributed by atoms with Crippen molar-refractivity contribution in [1.82, 2.24) is 4.98 Å². The van der Waals surface area contributed by atoms with E-state index in [2.05, 4.69) is 15.0 Å². The average molecular weight is 437 g/mol. The molecule has 3 aromatic carbocycles. The fourth-order valence-electron chi connectivity index (χ4n) is 3.16. The molecule has 0 aliphatic heterocycles. The summed E-state index contributed by atoms with van der Waals surface area (Å²) in [5.41, 5.74) is 3.41. The lowest BCUT2D eigenvalue weighted by molar-refractivity contribution is -0.115. The topological polar surface area (TPSA) is 91.1 Å². The molecule has 8 heteroatoms. The summed E-state index contributed by atoms with van der Waals surface area (Å²) in [5, 5.41) is 3.44. The van der Waals surface area contributed by atoms with Gasteiger partial charge in [0.1, 0.15) is 5.82 Å². The predicted molar refractivity (Wildman–Crippen MR) is 120 cm³/mol. The smallest absolute Gasteiger partial charge is 0.261 e. The summed E-state index contributed by atoms with van der Waals surface area (Å²) in [6, 6.07) is 19.2. The van der Waals surface area contributed by atoms with Gasteiger partial charge in [0.15, 0.2) is 0 Å². The van der Waals surface area contributed by atoms with E-state index < -0.39 is 10.0 Å². The van der Waals surface area contributed by atoms with Gasteiger partial charge >= 0.3 is 0 Å². The average Bonchev–Trinajstić information content (AvgIpc) is 3.17. The number of nitrogens with one attached hydrogen (secondary N) is 3. The number of rotatable bonds is 6. The molecule has 0 radical (unpaired) electrons. The van der Waals surface area contributed by atoms with E-state index in [1.54, 1.807) is 49.4 Å². The van der Waals surface area contributed by atoms with Crippen molar-refractivity contribution in [1.29, 1.82) is 0 Å². The van der Waals surface area contributed by atoms with Gasteiger partial charge in [-0.3, -0.25) is 9.52 Å². The molecule has 158 valence electrons. The van der Waals surface area contributed by atoms with Crippen molar-refractivity contribution in [2.24, 2.45) is 0 Å². The zero-order valence-electron chi connectivity index (χ0n) is 16.6. The number of H-pyrrole nitrogens is 1. The molecule has 31 heavy (non-hydrogen) atoms. The number of carbonyl (C=O) groups is 1. The molecule has 6 nitrogen and oxygen atoms in total. The van der Waals surface area contributed by atoms with Gasteiger partial charge in [-0.25, -0.2) is 12.8 Å². The Bertz CT molecular complexity index is 1350. The highest BCUT2D eigenvalue weighted by molar-refractivity contribution is 7.92. The summed E-state index contributed by atoms with van der Waals surface area (Å²) >= 11 is 0. The number of hydrogen-bond acceptors (Lipinski definition) is 3. The molecule has 0 aliphatic carbocycles. The molecule has 0 bridgehead atoms. The van der Waals surface area contributed by atoms with Crippen LogP contribution < -0.4 is 10.0 Å². The van der Waals surface area contributed by atoms with Crippen molar-refractivity contribution >= 4 is 38.2 Å². The van der Waals surface area contributed by atoms with E-state index in [0.29, 0.717) is 17.8 Å². The Labute approximate surface area is 179 Å². The molecule has 4 aromatic rings. The molecule has 3 N–H and O–H groups in total. The number of hydrogen-bond donors (Lipinski definition) is 3. The van der Waals surface area contributed by atoms with Crippen LogP contribution in [0.3, 0.4) is 0 Å². The molecule has 0 saturated carbocycles. The Morgan fingerprint density at radius 1 is 0.935 bits per heavy atom. The second kappa shape index (κ2) is 8.23. The Morgan fingerprint density at radius 3 is 2.29 bits per heavy atom. The Balaban J connectivity index is 1.50. The van der Waals surface area contributed by atoms with Crippen molar-refractivity contribution in [2.45, 2.75) is 18.2 Å². The highest BCUT2D eigenvalue weighted by atomic mass is 32.2. The van der Waals surface area contributed by atoms with E-state index in [9.17, 15) is 17.6 Å². The van der Waals surface area contributed by atoms with Crippen molar-refractivity contribution in [3.05, 3.63) is 78.6 Å². The van der Waals surface area contributed by atoms with Crippen LogP contribution in [0.4, 0.5) is 15.8 Å². The normalized spacial score (nSPS) is 11.4. The molecule has 0 unspecified atom stereocenters. The second-order valence-corrected chi connectivity index (χ2v) is 8.71. The SMILES string of the molecule is CCC(=O)Nc1ccc(S(=O)(=O)Nc2ccc(-c3cc4cc(F)ccc4[nH]3)cc2)cc1. The molecule has 4 rings (SSSR count). The van der Waals surface area contributed by atoms with E-state index in [4.69, 9.17) is 0 Å². The molecular formula is C23H20FN3O3S. The minimum absolute atomic E-state index is 0.0868. The molecular weight excluding hydrogens is 417 g/mol. The molecule has 1 aromatic heterocycles. The van der Waals surface area contributed by atoms with Gasteiger partial charge in [-0.2, -0.15) is 0 Å². The summed E-state index contributed by atoms with van der Waals surface area (Å²) in [4.78, 5) is 14.7. The van der Waals surface area contributed by atoms with Crippen molar-refractivity contribution in [2.75, 3.05) is 10.0 Å². The number of halogens is 1. The van der Waals surface area contributed by atoms with Crippen LogP contribution in [0.5, 0.6) is 0 Å². The maximum atomic E-state index is 13.4. The Morgan fingerprint density at radius 2 is 1.61 bits per heavy atom. The fraction of sp³-hybridized carbons (Fsp3) is 0.0870. The first-order chi connectivity index (χ1) is 14.8. The zero-order valence-corrected chi connectivity index (χ0v) is 17.5. The van der Waals surface area contributed by atoms with Gasteiger partial charge in [-0.1, -0.05) is 19.1 Å². The highest BCUT2D eigenvalue weighted by Crippen LogP contribution is 2.26. The van der Waals surface area contributed by atoms with Gasteiger partial charge in [-0.05, 0) is 66.2 Å². The third-order valence-corrected chi connectivity index (χ3v) is 6.20. The van der Waals surface area contributed by atoms with Gasteiger partial charge in [0.05, 0.1) is 4.90 Å². The Hall–Kier alpha value is -3.65. The van der Waals surface area contributed by atoms with Gasteiger partial charge in [0.2, 0.25) is 5.91 Å². The molecule has 0 saturated heterocycles. The van der Waals surface area contributed by atoms with E-state index >= 15 is 0 Å². The quantitative estimate of drug-likeness (QED) is 0.391. The van der Waals surface area contributed by atoms with Crippen LogP contribution in [0.2, 0.25) is 0 Å². The molecule has 0 spiro atoms.